The number of ether oxygens (including phenoxy) is 1. The van der Waals surface area contributed by atoms with Crippen LogP contribution in [0, 0.1) is 0 Å². The second-order valence-corrected chi connectivity index (χ2v) is 3.52. The highest BCUT2D eigenvalue weighted by Crippen LogP contribution is 2.32. The van der Waals surface area contributed by atoms with Gasteiger partial charge in [-0.15, -0.1) is 0 Å². The summed E-state index contributed by atoms with van der Waals surface area (Å²) >= 11 is 0. The summed E-state index contributed by atoms with van der Waals surface area (Å²) in [6.07, 6.45) is 5.30. The van der Waals surface area contributed by atoms with Crippen LogP contribution in [0.5, 0.6) is 0 Å². The molecule has 13 heavy (non-hydrogen) atoms. The van der Waals surface area contributed by atoms with Crippen LogP contribution in [0.4, 0.5) is 5.69 Å². The van der Waals surface area contributed by atoms with Crippen LogP contribution in [0.3, 0.4) is 0 Å². The summed E-state index contributed by atoms with van der Waals surface area (Å²) in [7, 11) is 0. The molecule has 0 spiro atoms. The summed E-state index contributed by atoms with van der Waals surface area (Å²) in [6.45, 7) is 2.82. The molecule has 0 amide bonds. The zero-order chi connectivity index (χ0) is 9.31. The van der Waals surface area contributed by atoms with Crippen LogP contribution in [0.2, 0.25) is 0 Å². The van der Waals surface area contributed by atoms with Crippen LogP contribution < -0.4 is 5.73 Å². The van der Waals surface area contributed by atoms with E-state index in [1.807, 2.05) is 6.92 Å². The normalized spacial score (nSPS) is 27.8. The van der Waals surface area contributed by atoms with Crippen LogP contribution in [-0.2, 0) is 10.3 Å². The van der Waals surface area contributed by atoms with Gasteiger partial charge in [-0.3, -0.25) is 0 Å². The number of hydrogen-bond donors (Lipinski definition) is 1. The Labute approximate surface area is 77.1 Å². The molecular formula is C9H13N3O. The van der Waals surface area contributed by atoms with Gasteiger partial charge in [-0.1, -0.05) is 0 Å². The molecule has 1 fully saturated rings. The highest BCUT2D eigenvalue weighted by molar-refractivity contribution is 5.30. The number of nitrogens with zero attached hydrogens (tertiary/aromatic N) is 2. The number of nitrogens with two attached hydrogens (primary N) is 1. The van der Waals surface area contributed by atoms with Gasteiger partial charge in [0.1, 0.15) is 5.60 Å². The molecule has 0 saturated carbocycles. The zero-order valence-corrected chi connectivity index (χ0v) is 7.66. The van der Waals surface area contributed by atoms with E-state index < -0.39 is 0 Å². The maximum absolute atomic E-state index is 5.60. The van der Waals surface area contributed by atoms with E-state index in [-0.39, 0.29) is 5.60 Å². The van der Waals surface area contributed by atoms with E-state index in [0.717, 1.165) is 25.3 Å². The van der Waals surface area contributed by atoms with Crippen molar-refractivity contribution >= 4 is 5.69 Å². The molecule has 0 aliphatic carbocycles. The van der Waals surface area contributed by atoms with Crippen LogP contribution in [-0.4, -0.2) is 16.6 Å². The lowest BCUT2D eigenvalue weighted by atomic mass is 10.0. The molecule has 0 radical (unpaired) electrons. The largest absolute Gasteiger partial charge is 0.396 e. The lowest BCUT2D eigenvalue weighted by molar-refractivity contribution is 0.00935. The minimum Gasteiger partial charge on any atom is -0.396 e. The van der Waals surface area contributed by atoms with E-state index in [1.165, 1.54) is 0 Å². The molecule has 1 saturated heterocycles. The number of rotatable bonds is 1. The van der Waals surface area contributed by atoms with Gasteiger partial charge in [-0.2, -0.15) is 0 Å². The summed E-state index contributed by atoms with van der Waals surface area (Å²) in [5.74, 6) is 0.735. The highest BCUT2D eigenvalue weighted by atomic mass is 16.5. The molecule has 1 aromatic rings. The second kappa shape index (κ2) is 2.96. The van der Waals surface area contributed by atoms with Gasteiger partial charge in [0, 0.05) is 6.61 Å². The third-order valence-electron chi connectivity index (χ3n) is 2.36. The average Bonchev–Trinajstić information content (AvgIpc) is 2.54. The van der Waals surface area contributed by atoms with Gasteiger partial charge in [-0.05, 0) is 19.8 Å². The molecule has 1 atom stereocenters. The quantitative estimate of drug-likeness (QED) is 0.700. The topological polar surface area (TPSA) is 61.0 Å². The molecule has 2 N–H and O–H groups in total. The number of anilines is 1. The van der Waals surface area contributed by atoms with Crippen LogP contribution in [0.15, 0.2) is 12.4 Å². The van der Waals surface area contributed by atoms with Gasteiger partial charge in [-0.25, -0.2) is 9.97 Å². The first-order valence-electron chi connectivity index (χ1n) is 4.43. The van der Waals surface area contributed by atoms with Gasteiger partial charge >= 0.3 is 0 Å². The maximum atomic E-state index is 5.60. The summed E-state index contributed by atoms with van der Waals surface area (Å²) < 4.78 is 5.60. The Morgan fingerprint density at radius 2 is 2.15 bits per heavy atom. The van der Waals surface area contributed by atoms with E-state index in [9.17, 15) is 0 Å². The Balaban J connectivity index is 2.29. The number of nitrogen functional groups attached to an aromatic ring is 1. The van der Waals surface area contributed by atoms with Gasteiger partial charge in [0.15, 0.2) is 5.82 Å². The fourth-order valence-electron chi connectivity index (χ4n) is 1.57. The van der Waals surface area contributed by atoms with Crippen molar-refractivity contribution in [2.45, 2.75) is 25.4 Å². The summed E-state index contributed by atoms with van der Waals surface area (Å²) in [5.41, 5.74) is 5.79. The Bertz CT molecular complexity index is 290. The number of aromatic nitrogens is 2. The Morgan fingerprint density at radius 1 is 1.46 bits per heavy atom. The smallest absolute Gasteiger partial charge is 0.160 e. The first-order valence-corrected chi connectivity index (χ1v) is 4.43. The molecule has 2 heterocycles. The first-order chi connectivity index (χ1) is 6.21. The maximum Gasteiger partial charge on any atom is 0.160 e. The van der Waals surface area contributed by atoms with E-state index in [2.05, 4.69) is 9.97 Å². The van der Waals surface area contributed by atoms with E-state index in [1.54, 1.807) is 12.4 Å². The van der Waals surface area contributed by atoms with Crippen molar-refractivity contribution in [3.8, 4) is 0 Å². The second-order valence-electron chi connectivity index (χ2n) is 3.52. The lowest BCUT2D eigenvalue weighted by Crippen LogP contribution is -2.23. The molecule has 4 heteroatoms. The van der Waals surface area contributed by atoms with Gasteiger partial charge in [0.2, 0.25) is 0 Å². The fraction of sp³-hybridized carbons (Fsp3) is 0.556. The molecule has 0 aromatic carbocycles. The van der Waals surface area contributed by atoms with Crippen molar-refractivity contribution < 1.29 is 4.74 Å². The monoisotopic (exact) mass is 179 g/mol. The Hall–Kier alpha value is -1.16. The molecule has 4 nitrogen and oxygen atoms in total. The van der Waals surface area contributed by atoms with Gasteiger partial charge < -0.3 is 10.5 Å². The predicted octanol–water partition coefficient (Wildman–Crippen LogP) is 1.08. The molecule has 2 rings (SSSR count). The van der Waals surface area contributed by atoms with E-state index >= 15 is 0 Å². The summed E-state index contributed by atoms with van der Waals surface area (Å²) in [5, 5.41) is 0. The van der Waals surface area contributed by atoms with Crippen molar-refractivity contribution in [2.75, 3.05) is 12.3 Å². The molecule has 0 bridgehead atoms. The van der Waals surface area contributed by atoms with Crippen molar-refractivity contribution in [1.82, 2.24) is 9.97 Å². The minimum atomic E-state index is -0.298. The van der Waals surface area contributed by atoms with E-state index in [4.69, 9.17) is 10.5 Å². The van der Waals surface area contributed by atoms with Crippen LogP contribution in [0.25, 0.3) is 0 Å². The van der Waals surface area contributed by atoms with Crippen molar-refractivity contribution in [3.63, 3.8) is 0 Å². The third kappa shape index (κ3) is 1.49. The van der Waals surface area contributed by atoms with Crippen molar-refractivity contribution in [2.24, 2.45) is 0 Å². The predicted molar refractivity (Wildman–Crippen MR) is 49.0 cm³/mol. The molecule has 1 aliphatic rings. The van der Waals surface area contributed by atoms with Crippen LogP contribution >= 0.6 is 0 Å². The average molecular weight is 179 g/mol. The molecular weight excluding hydrogens is 166 g/mol. The SMILES string of the molecule is CC1(c2ncc(N)cn2)CCCO1. The Kier molecular flexibility index (Phi) is 1.92. The highest BCUT2D eigenvalue weighted by Gasteiger charge is 2.34. The molecule has 1 aliphatic heterocycles. The van der Waals surface area contributed by atoms with Gasteiger partial charge in [0.25, 0.3) is 0 Å². The summed E-state index contributed by atoms with van der Waals surface area (Å²) in [6, 6.07) is 0. The Morgan fingerprint density at radius 3 is 2.69 bits per heavy atom. The molecule has 70 valence electrons. The zero-order valence-electron chi connectivity index (χ0n) is 7.66. The van der Waals surface area contributed by atoms with Crippen molar-refractivity contribution in [3.05, 3.63) is 18.2 Å². The fourth-order valence-corrected chi connectivity index (χ4v) is 1.57. The summed E-state index contributed by atoms with van der Waals surface area (Å²) in [4.78, 5) is 8.34. The molecule has 1 unspecified atom stereocenters. The first kappa shape index (κ1) is 8.44. The number of hydrogen-bond acceptors (Lipinski definition) is 4. The lowest BCUT2D eigenvalue weighted by Gasteiger charge is -2.20. The van der Waals surface area contributed by atoms with E-state index in [0.29, 0.717) is 5.69 Å². The molecule has 1 aromatic heterocycles. The third-order valence-corrected chi connectivity index (χ3v) is 2.36. The van der Waals surface area contributed by atoms with Crippen molar-refractivity contribution in [1.29, 1.82) is 0 Å². The minimum absolute atomic E-state index is 0.298. The van der Waals surface area contributed by atoms with Crippen LogP contribution in [0.1, 0.15) is 25.6 Å². The standard InChI is InChI=1S/C9H13N3O/c1-9(3-2-4-13-9)8-11-5-7(10)6-12-8/h5-6H,2-4,10H2,1H3. The van der Waals surface area contributed by atoms with Gasteiger partial charge in [0.05, 0.1) is 18.1 Å².